The van der Waals surface area contributed by atoms with Crippen molar-refractivity contribution in [2.24, 2.45) is 0 Å². The van der Waals surface area contributed by atoms with Crippen molar-refractivity contribution in [1.29, 1.82) is 0 Å². The lowest BCUT2D eigenvalue weighted by Crippen LogP contribution is -2.46. The van der Waals surface area contributed by atoms with Gasteiger partial charge in [0.1, 0.15) is 6.10 Å². The minimum absolute atomic E-state index is 0.0302. The lowest BCUT2D eigenvalue weighted by Gasteiger charge is -2.31. The molecule has 2 fully saturated rings. The number of fused-ring (bicyclic) bond motifs is 1. The van der Waals surface area contributed by atoms with Crippen molar-refractivity contribution < 1.29 is 14.2 Å². The molecule has 1 N–H and O–H groups in total. The van der Waals surface area contributed by atoms with Crippen molar-refractivity contribution in [3.05, 3.63) is 30.3 Å². The summed E-state index contributed by atoms with van der Waals surface area (Å²) in [5.74, 6) is -0.492. The van der Waals surface area contributed by atoms with Gasteiger partial charge in [0.05, 0.1) is 12.2 Å². The molecule has 1 aromatic carbocycles. The first-order chi connectivity index (χ1) is 9.64. The molecule has 0 aliphatic carbocycles. The van der Waals surface area contributed by atoms with E-state index in [-0.39, 0.29) is 18.3 Å². The SMILES string of the molecule is CC1(C)OC2CCOC(CNSc3ccccc3)C2O1. The van der Waals surface area contributed by atoms with E-state index < -0.39 is 5.79 Å². The molecule has 110 valence electrons. The molecule has 1 aromatic rings. The van der Waals surface area contributed by atoms with Gasteiger partial charge < -0.3 is 14.2 Å². The van der Waals surface area contributed by atoms with Crippen LogP contribution in [0.3, 0.4) is 0 Å². The summed E-state index contributed by atoms with van der Waals surface area (Å²) in [7, 11) is 0. The van der Waals surface area contributed by atoms with Crippen LogP contribution in [0, 0.1) is 0 Å². The fourth-order valence-corrected chi connectivity index (χ4v) is 3.41. The van der Waals surface area contributed by atoms with Crippen LogP contribution < -0.4 is 4.72 Å². The first-order valence-corrected chi connectivity index (χ1v) is 7.88. The Morgan fingerprint density at radius 3 is 2.85 bits per heavy atom. The predicted molar refractivity (Wildman–Crippen MR) is 78.5 cm³/mol. The molecule has 2 aliphatic rings. The first kappa shape index (κ1) is 14.4. The summed E-state index contributed by atoms with van der Waals surface area (Å²) in [6.07, 6.45) is 1.15. The second kappa shape index (κ2) is 6.03. The molecule has 2 saturated heterocycles. The maximum atomic E-state index is 5.97. The van der Waals surface area contributed by atoms with Gasteiger partial charge in [-0.1, -0.05) is 18.2 Å². The van der Waals surface area contributed by atoms with E-state index in [1.165, 1.54) is 4.90 Å². The summed E-state index contributed by atoms with van der Waals surface area (Å²) in [5, 5.41) is 0. The van der Waals surface area contributed by atoms with Gasteiger partial charge in [-0.25, -0.2) is 0 Å². The van der Waals surface area contributed by atoms with Gasteiger partial charge in [0, 0.05) is 18.0 Å². The molecule has 0 amide bonds. The number of ether oxygens (including phenoxy) is 3. The fourth-order valence-electron chi connectivity index (χ4n) is 2.70. The third kappa shape index (κ3) is 3.35. The minimum Gasteiger partial charge on any atom is -0.374 e. The van der Waals surface area contributed by atoms with Crippen LogP contribution in [0.5, 0.6) is 0 Å². The van der Waals surface area contributed by atoms with Crippen LogP contribution in [0.25, 0.3) is 0 Å². The molecule has 20 heavy (non-hydrogen) atoms. The molecule has 5 heteroatoms. The summed E-state index contributed by atoms with van der Waals surface area (Å²) in [5.41, 5.74) is 0. The molecule has 2 aliphatic heterocycles. The molecular formula is C15H21NO3S. The molecular weight excluding hydrogens is 274 g/mol. The molecule has 3 unspecified atom stereocenters. The molecule has 0 saturated carbocycles. The van der Waals surface area contributed by atoms with E-state index >= 15 is 0 Å². The van der Waals surface area contributed by atoms with Gasteiger partial charge in [0.2, 0.25) is 0 Å². The number of hydrogen-bond acceptors (Lipinski definition) is 5. The fraction of sp³-hybridized carbons (Fsp3) is 0.600. The average molecular weight is 295 g/mol. The van der Waals surface area contributed by atoms with E-state index in [0.29, 0.717) is 0 Å². The third-order valence-corrected chi connectivity index (χ3v) is 4.36. The van der Waals surface area contributed by atoms with Crippen molar-refractivity contribution in [2.45, 2.75) is 49.3 Å². The molecule has 0 spiro atoms. The zero-order valence-electron chi connectivity index (χ0n) is 11.9. The largest absolute Gasteiger partial charge is 0.374 e. The summed E-state index contributed by atoms with van der Waals surface area (Å²) in [6.45, 7) is 5.42. The zero-order valence-corrected chi connectivity index (χ0v) is 12.7. The summed E-state index contributed by atoms with van der Waals surface area (Å²) < 4.78 is 21.1. The highest BCUT2D eigenvalue weighted by Crippen LogP contribution is 2.35. The standard InChI is InChI=1S/C15H21NO3S/c1-15(2)18-12-8-9-17-13(14(12)19-15)10-16-20-11-6-4-3-5-7-11/h3-7,12-14,16H,8-10H2,1-2H3. The van der Waals surface area contributed by atoms with Crippen LogP contribution in [-0.4, -0.2) is 37.3 Å². The lowest BCUT2D eigenvalue weighted by atomic mass is 10.0. The number of nitrogens with one attached hydrogen (secondary N) is 1. The van der Waals surface area contributed by atoms with Crippen molar-refractivity contribution in [3.8, 4) is 0 Å². The number of benzene rings is 1. The monoisotopic (exact) mass is 295 g/mol. The first-order valence-electron chi connectivity index (χ1n) is 7.06. The van der Waals surface area contributed by atoms with E-state index in [4.69, 9.17) is 14.2 Å². The molecule has 0 aromatic heterocycles. The molecule has 0 bridgehead atoms. The van der Waals surface area contributed by atoms with Crippen LogP contribution in [0.1, 0.15) is 20.3 Å². The van der Waals surface area contributed by atoms with Crippen molar-refractivity contribution in [1.82, 2.24) is 4.72 Å². The Kier molecular flexibility index (Phi) is 4.33. The van der Waals surface area contributed by atoms with Crippen LogP contribution in [-0.2, 0) is 14.2 Å². The summed E-state index contributed by atoms with van der Waals surface area (Å²) in [6, 6.07) is 10.3. The molecule has 0 radical (unpaired) electrons. The van der Waals surface area contributed by atoms with Crippen molar-refractivity contribution in [3.63, 3.8) is 0 Å². The highest BCUT2D eigenvalue weighted by Gasteiger charge is 2.47. The minimum atomic E-state index is -0.492. The molecule has 2 heterocycles. The van der Waals surface area contributed by atoms with E-state index in [0.717, 1.165) is 19.6 Å². The maximum absolute atomic E-state index is 5.97. The highest BCUT2D eigenvalue weighted by atomic mass is 32.2. The third-order valence-electron chi connectivity index (χ3n) is 3.54. The Morgan fingerprint density at radius 1 is 1.25 bits per heavy atom. The lowest BCUT2D eigenvalue weighted by molar-refractivity contribution is -0.153. The quantitative estimate of drug-likeness (QED) is 0.865. The Balaban J connectivity index is 1.52. The predicted octanol–water partition coefficient (Wildman–Crippen LogP) is 2.59. The summed E-state index contributed by atoms with van der Waals surface area (Å²) >= 11 is 1.62. The normalized spacial score (nSPS) is 32.0. The van der Waals surface area contributed by atoms with Crippen LogP contribution >= 0.6 is 11.9 Å². The molecule has 3 rings (SSSR count). The second-order valence-corrected chi connectivity index (χ2v) is 6.56. The smallest absolute Gasteiger partial charge is 0.163 e. The van der Waals surface area contributed by atoms with E-state index in [2.05, 4.69) is 16.9 Å². The Morgan fingerprint density at radius 2 is 2.05 bits per heavy atom. The van der Waals surface area contributed by atoms with Gasteiger partial charge in [-0.05, 0) is 44.3 Å². The van der Waals surface area contributed by atoms with Gasteiger partial charge in [-0.2, -0.15) is 0 Å². The van der Waals surface area contributed by atoms with Gasteiger partial charge in [0.15, 0.2) is 5.79 Å². The average Bonchev–Trinajstić information content (AvgIpc) is 2.75. The molecule has 3 atom stereocenters. The van der Waals surface area contributed by atoms with Gasteiger partial charge in [-0.15, -0.1) is 0 Å². The van der Waals surface area contributed by atoms with Gasteiger partial charge in [0.25, 0.3) is 0 Å². The highest BCUT2D eigenvalue weighted by molar-refractivity contribution is 7.97. The molecule has 4 nitrogen and oxygen atoms in total. The van der Waals surface area contributed by atoms with Gasteiger partial charge >= 0.3 is 0 Å². The van der Waals surface area contributed by atoms with Crippen LogP contribution in [0.2, 0.25) is 0 Å². The maximum Gasteiger partial charge on any atom is 0.163 e. The van der Waals surface area contributed by atoms with E-state index in [9.17, 15) is 0 Å². The number of rotatable bonds is 4. The van der Waals surface area contributed by atoms with Crippen molar-refractivity contribution >= 4 is 11.9 Å². The Labute approximate surface area is 124 Å². The van der Waals surface area contributed by atoms with E-state index in [1.807, 2.05) is 32.0 Å². The topological polar surface area (TPSA) is 39.7 Å². The van der Waals surface area contributed by atoms with Gasteiger partial charge in [-0.3, -0.25) is 4.72 Å². The Hall–Kier alpha value is -0.590. The second-order valence-electron chi connectivity index (χ2n) is 5.60. The Bertz CT molecular complexity index is 440. The van der Waals surface area contributed by atoms with Crippen molar-refractivity contribution in [2.75, 3.05) is 13.2 Å². The number of hydrogen-bond donors (Lipinski definition) is 1. The van der Waals surface area contributed by atoms with Crippen LogP contribution in [0.4, 0.5) is 0 Å². The zero-order chi connectivity index (χ0) is 14.0. The van der Waals surface area contributed by atoms with E-state index in [1.54, 1.807) is 11.9 Å². The van der Waals surface area contributed by atoms with Crippen LogP contribution in [0.15, 0.2) is 35.2 Å². The summed E-state index contributed by atoms with van der Waals surface area (Å²) in [4.78, 5) is 1.20.